The first-order valence-corrected chi connectivity index (χ1v) is 5.26. The molecule has 0 amide bonds. The van der Waals surface area contributed by atoms with Gasteiger partial charge in [0.1, 0.15) is 0 Å². The molecule has 0 aromatic rings. The highest BCUT2D eigenvalue weighted by molar-refractivity contribution is 5.02. The van der Waals surface area contributed by atoms with Gasteiger partial charge in [0.25, 0.3) is 0 Å². The molecule has 0 N–H and O–H groups in total. The van der Waals surface area contributed by atoms with Crippen LogP contribution >= 0.6 is 0 Å². The van der Waals surface area contributed by atoms with Crippen LogP contribution in [0, 0.1) is 11.8 Å². The zero-order valence-electron chi connectivity index (χ0n) is 8.81. The Morgan fingerprint density at radius 3 is 2.36 bits per heavy atom. The van der Waals surface area contributed by atoms with Crippen LogP contribution in [-0.2, 0) is 4.74 Å². The van der Waals surface area contributed by atoms with Crippen molar-refractivity contribution < 1.29 is 4.74 Å². The second kappa shape index (κ2) is 3.44. The first-order valence-electron chi connectivity index (χ1n) is 5.26. The van der Waals surface area contributed by atoms with Gasteiger partial charge in [0.15, 0.2) is 0 Å². The van der Waals surface area contributed by atoms with E-state index in [2.05, 4.69) is 16.9 Å². The molecule has 0 aliphatic heterocycles. The fourth-order valence-electron chi connectivity index (χ4n) is 3.25. The van der Waals surface area contributed by atoms with Crippen molar-refractivity contribution in [1.82, 2.24) is 0 Å². The number of hydrogen-bond donors (Lipinski definition) is 0. The molecule has 2 saturated carbocycles. The van der Waals surface area contributed by atoms with Crippen LogP contribution in [0.3, 0.4) is 0 Å². The van der Waals surface area contributed by atoms with Crippen molar-refractivity contribution in [3.05, 3.63) is 10.4 Å². The van der Waals surface area contributed by atoms with E-state index < -0.39 is 0 Å². The smallest absolute Gasteiger partial charge is 0.0576 e. The second-order valence-electron chi connectivity index (χ2n) is 4.94. The highest BCUT2D eigenvalue weighted by atomic mass is 16.5. The third-order valence-electron chi connectivity index (χ3n) is 3.82. The predicted octanol–water partition coefficient (Wildman–Crippen LogP) is 2.89. The van der Waals surface area contributed by atoms with Gasteiger partial charge < -0.3 is 4.74 Å². The highest BCUT2D eigenvalue weighted by Gasteiger charge is 2.46. The molecule has 2 aliphatic carbocycles. The molecule has 0 bridgehead atoms. The van der Waals surface area contributed by atoms with Crippen LogP contribution in [0.4, 0.5) is 0 Å². The Hall–Kier alpha value is -0.730. The summed E-state index contributed by atoms with van der Waals surface area (Å²) in [7, 11) is 1.79. The summed E-state index contributed by atoms with van der Waals surface area (Å²) in [5.41, 5.74) is 8.36. The van der Waals surface area contributed by atoms with Crippen LogP contribution in [0.25, 0.3) is 10.4 Å². The Morgan fingerprint density at radius 1 is 1.36 bits per heavy atom. The summed E-state index contributed by atoms with van der Waals surface area (Å²) in [4.78, 5) is 2.95. The number of rotatable bonds is 2. The minimum atomic E-state index is -0.122. The van der Waals surface area contributed by atoms with Gasteiger partial charge in [-0.2, -0.15) is 0 Å². The van der Waals surface area contributed by atoms with E-state index in [0.29, 0.717) is 6.10 Å². The fraction of sp³-hybridized carbons (Fsp3) is 1.00. The Bertz CT molecular complexity index is 259. The molecule has 0 saturated heterocycles. The summed E-state index contributed by atoms with van der Waals surface area (Å²) in [6.45, 7) is 2.08. The van der Waals surface area contributed by atoms with Crippen LogP contribution in [-0.4, -0.2) is 18.8 Å². The van der Waals surface area contributed by atoms with Gasteiger partial charge in [-0.25, -0.2) is 0 Å². The summed E-state index contributed by atoms with van der Waals surface area (Å²) in [5.74, 6) is 1.44. The maximum absolute atomic E-state index is 8.49. The Morgan fingerprint density at radius 2 is 1.93 bits per heavy atom. The molecule has 2 fully saturated rings. The van der Waals surface area contributed by atoms with Gasteiger partial charge in [-0.05, 0) is 43.1 Å². The number of methoxy groups -OCH3 is 1. The van der Waals surface area contributed by atoms with Crippen LogP contribution in [0.1, 0.15) is 32.6 Å². The Kier molecular flexibility index (Phi) is 2.41. The summed E-state index contributed by atoms with van der Waals surface area (Å²) in [6.07, 6.45) is 4.83. The van der Waals surface area contributed by atoms with Crippen molar-refractivity contribution in [1.29, 1.82) is 0 Å². The van der Waals surface area contributed by atoms with Crippen molar-refractivity contribution in [3.63, 3.8) is 0 Å². The van der Waals surface area contributed by atoms with Crippen LogP contribution in [0.5, 0.6) is 0 Å². The van der Waals surface area contributed by atoms with Crippen molar-refractivity contribution in [2.75, 3.05) is 7.11 Å². The Labute approximate surface area is 84.3 Å². The molecule has 0 unspecified atom stereocenters. The van der Waals surface area contributed by atoms with Gasteiger partial charge in [-0.1, -0.05) is 12.0 Å². The molecule has 0 heterocycles. The maximum atomic E-state index is 8.49. The van der Waals surface area contributed by atoms with Crippen molar-refractivity contribution in [3.8, 4) is 0 Å². The molecule has 78 valence electrons. The molecule has 0 radical (unpaired) electrons. The van der Waals surface area contributed by atoms with Gasteiger partial charge in [0.05, 0.1) is 6.10 Å². The zero-order valence-corrected chi connectivity index (χ0v) is 8.81. The van der Waals surface area contributed by atoms with E-state index in [1.807, 2.05) is 0 Å². The Balaban J connectivity index is 2.02. The third-order valence-corrected chi connectivity index (χ3v) is 3.82. The van der Waals surface area contributed by atoms with E-state index >= 15 is 0 Å². The van der Waals surface area contributed by atoms with E-state index in [1.54, 1.807) is 7.11 Å². The molecule has 0 aromatic heterocycles. The number of azide groups is 1. The van der Waals surface area contributed by atoms with E-state index in [9.17, 15) is 0 Å². The molecular formula is C10H17N3O. The van der Waals surface area contributed by atoms with E-state index in [0.717, 1.165) is 37.5 Å². The molecule has 0 spiro atoms. The number of nitrogens with zero attached hydrogens (tertiary/aromatic N) is 3. The van der Waals surface area contributed by atoms with Crippen molar-refractivity contribution in [2.45, 2.75) is 44.2 Å². The maximum Gasteiger partial charge on any atom is 0.0576 e. The minimum Gasteiger partial charge on any atom is -0.381 e. The molecule has 4 heteroatoms. The first-order chi connectivity index (χ1) is 6.67. The highest BCUT2D eigenvalue weighted by Crippen LogP contribution is 2.50. The van der Waals surface area contributed by atoms with E-state index in [4.69, 9.17) is 10.3 Å². The summed E-state index contributed by atoms with van der Waals surface area (Å²) >= 11 is 0. The average molecular weight is 195 g/mol. The van der Waals surface area contributed by atoms with Gasteiger partial charge in [-0.15, -0.1) is 0 Å². The fourth-order valence-corrected chi connectivity index (χ4v) is 3.25. The summed E-state index contributed by atoms with van der Waals surface area (Å²) in [5, 5.41) is 3.93. The molecular weight excluding hydrogens is 178 g/mol. The standard InChI is InChI=1S/C10H17N3O/c1-10(12-13-11)5-7-3-9(14-2)4-8(7)6-10/h7-9H,3-6H2,1-2H3/t7-,8+,9-,10-. The summed E-state index contributed by atoms with van der Waals surface area (Å²) < 4.78 is 5.37. The largest absolute Gasteiger partial charge is 0.381 e. The summed E-state index contributed by atoms with van der Waals surface area (Å²) in [6, 6.07) is 0. The zero-order chi connectivity index (χ0) is 10.2. The van der Waals surface area contributed by atoms with E-state index in [-0.39, 0.29) is 5.54 Å². The lowest BCUT2D eigenvalue weighted by molar-refractivity contribution is 0.0990. The SMILES string of the molecule is CO[C@@H]1C[C@@H]2C[C@@](C)(N=[N+]=[N-])C[C@@H]2C1. The molecule has 4 nitrogen and oxygen atoms in total. The predicted molar refractivity (Wildman–Crippen MR) is 53.8 cm³/mol. The lowest BCUT2D eigenvalue weighted by atomic mass is 9.97. The number of fused-ring (bicyclic) bond motifs is 1. The molecule has 0 aromatic carbocycles. The third kappa shape index (κ3) is 1.60. The van der Waals surface area contributed by atoms with Crippen LogP contribution in [0.2, 0.25) is 0 Å². The molecule has 2 rings (SSSR count). The molecule has 2 aliphatic rings. The van der Waals surface area contributed by atoms with Gasteiger partial charge in [0.2, 0.25) is 0 Å². The first kappa shape index (κ1) is 9.81. The van der Waals surface area contributed by atoms with Gasteiger partial charge >= 0.3 is 0 Å². The van der Waals surface area contributed by atoms with Crippen LogP contribution < -0.4 is 0 Å². The lowest BCUT2D eigenvalue weighted by Gasteiger charge is -2.19. The van der Waals surface area contributed by atoms with E-state index in [1.165, 1.54) is 0 Å². The molecule has 4 atom stereocenters. The lowest BCUT2D eigenvalue weighted by Crippen LogP contribution is -2.19. The quantitative estimate of drug-likeness (QED) is 0.379. The van der Waals surface area contributed by atoms with Crippen molar-refractivity contribution >= 4 is 0 Å². The normalized spacial score (nSPS) is 46.0. The molecule has 14 heavy (non-hydrogen) atoms. The van der Waals surface area contributed by atoms with Crippen LogP contribution in [0.15, 0.2) is 5.11 Å². The van der Waals surface area contributed by atoms with Crippen molar-refractivity contribution in [2.24, 2.45) is 17.0 Å². The number of ether oxygens (including phenoxy) is 1. The second-order valence-corrected chi connectivity index (χ2v) is 4.94. The number of hydrogen-bond acceptors (Lipinski definition) is 2. The monoisotopic (exact) mass is 195 g/mol. The van der Waals surface area contributed by atoms with Gasteiger partial charge in [0, 0.05) is 17.6 Å². The minimum absolute atomic E-state index is 0.122. The topological polar surface area (TPSA) is 58.0 Å². The average Bonchev–Trinajstić information content (AvgIpc) is 2.59. The van der Waals surface area contributed by atoms with Gasteiger partial charge in [-0.3, -0.25) is 0 Å².